The van der Waals surface area contributed by atoms with Crippen LogP contribution < -0.4 is 16.4 Å². The molecule has 1 heterocycles. The molecule has 12 nitrogen and oxygen atoms in total. The Morgan fingerprint density at radius 1 is 0.886 bits per heavy atom. The van der Waals surface area contributed by atoms with Crippen LogP contribution in [0.1, 0.15) is 59.1 Å². The molecular weight excluding hydrogens is 566 g/mol. The fourth-order valence-corrected chi connectivity index (χ4v) is 4.66. The summed E-state index contributed by atoms with van der Waals surface area (Å²) in [6.07, 6.45) is -1.08. The number of nitrogens with zero attached hydrogens (tertiary/aromatic N) is 2. The number of rotatable bonds is 8. The first kappa shape index (κ1) is 34.0. The van der Waals surface area contributed by atoms with Crippen LogP contribution in [-0.4, -0.2) is 82.6 Å². The number of carbonyl (C=O) groups is 5. The van der Waals surface area contributed by atoms with E-state index in [9.17, 15) is 24.0 Å². The Morgan fingerprint density at radius 2 is 1.48 bits per heavy atom. The molecule has 0 unspecified atom stereocenters. The summed E-state index contributed by atoms with van der Waals surface area (Å²) < 4.78 is 10.9. The van der Waals surface area contributed by atoms with E-state index in [1.807, 2.05) is 42.5 Å². The van der Waals surface area contributed by atoms with Gasteiger partial charge in [0.2, 0.25) is 17.7 Å². The third-order valence-corrected chi connectivity index (χ3v) is 6.52. The first-order chi connectivity index (χ1) is 20.6. The monoisotopic (exact) mass is 609 g/mol. The van der Waals surface area contributed by atoms with Gasteiger partial charge in [0.1, 0.15) is 17.2 Å². The van der Waals surface area contributed by atoms with Crippen LogP contribution in [0.2, 0.25) is 0 Å². The highest BCUT2D eigenvalue weighted by atomic mass is 16.6. The third kappa shape index (κ3) is 10.1. The van der Waals surface area contributed by atoms with E-state index in [1.165, 1.54) is 5.56 Å². The fourth-order valence-electron chi connectivity index (χ4n) is 4.66. The lowest BCUT2D eigenvalue weighted by atomic mass is 10.0. The lowest BCUT2D eigenvalue weighted by Gasteiger charge is -2.30. The lowest BCUT2D eigenvalue weighted by Crippen LogP contribution is -2.50. The van der Waals surface area contributed by atoms with Crippen LogP contribution in [0.4, 0.5) is 15.3 Å². The van der Waals surface area contributed by atoms with Crippen LogP contribution in [0.5, 0.6) is 0 Å². The molecular formula is C32H43N5O7. The number of imide groups is 1. The topological polar surface area (TPSA) is 160 Å². The van der Waals surface area contributed by atoms with Crippen molar-refractivity contribution >= 4 is 35.6 Å². The highest BCUT2D eigenvalue weighted by Crippen LogP contribution is 2.27. The zero-order chi connectivity index (χ0) is 32.7. The molecule has 5 amide bonds. The van der Waals surface area contributed by atoms with Gasteiger partial charge in [0.15, 0.2) is 0 Å². The van der Waals surface area contributed by atoms with E-state index in [1.54, 1.807) is 53.7 Å². The number of benzene rings is 2. The molecule has 0 aliphatic carbocycles. The summed E-state index contributed by atoms with van der Waals surface area (Å²) in [7, 11) is 0. The highest BCUT2D eigenvalue weighted by molar-refractivity contribution is 5.97. The molecule has 3 rings (SSSR count). The van der Waals surface area contributed by atoms with Crippen molar-refractivity contribution in [2.45, 2.75) is 77.7 Å². The molecule has 1 aliphatic heterocycles. The number of nitrogens with one attached hydrogen (secondary N) is 2. The van der Waals surface area contributed by atoms with Gasteiger partial charge in [-0.1, -0.05) is 42.5 Å². The quantitative estimate of drug-likeness (QED) is 0.410. The second-order valence-corrected chi connectivity index (χ2v) is 12.6. The van der Waals surface area contributed by atoms with Gasteiger partial charge in [0.25, 0.3) is 0 Å². The minimum absolute atomic E-state index is 0.0967. The van der Waals surface area contributed by atoms with Crippen molar-refractivity contribution in [3.8, 4) is 0 Å². The molecule has 44 heavy (non-hydrogen) atoms. The summed E-state index contributed by atoms with van der Waals surface area (Å²) >= 11 is 0. The van der Waals surface area contributed by atoms with Gasteiger partial charge in [-0.05, 0) is 77.6 Å². The van der Waals surface area contributed by atoms with Crippen molar-refractivity contribution in [1.82, 2.24) is 15.1 Å². The first-order valence-electron chi connectivity index (χ1n) is 14.5. The molecule has 0 saturated carbocycles. The molecule has 0 spiro atoms. The summed E-state index contributed by atoms with van der Waals surface area (Å²) in [6.45, 7) is 8.95. The van der Waals surface area contributed by atoms with Crippen LogP contribution in [0.25, 0.3) is 0 Å². The van der Waals surface area contributed by atoms with E-state index in [2.05, 4.69) is 10.6 Å². The summed E-state index contributed by atoms with van der Waals surface area (Å²) in [5.41, 5.74) is 6.61. The van der Waals surface area contributed by atoms with E-state index in [4.69, 9.17) is 15.2 Å². The Kier molecular flexibility index (Phi) is 11.1. The molecule has 1 aliphatic rings. The molecule has 1 saturated heterocycles. The maximum absolute atomic E-state index is 13.3. The number of amides is 5. The van der Waals surface area contributed by atoms with E-state index in [0.717, 1.165) is 21.8 Å². The minimum Gasteiger partial charge on any atom is -0.444 e. The molecule has 238 valence electrons. The normalized spacial score (nSPS) is 16.6. The van der Waals surface area contributed by atoms with Gasteiger partial charge in [-0.2, -0.15) is 0 Å². The second kappa shape index (κ2) is 14.3. The summed E-state index contributed by atoms with van der Waals surface area (Å²) in [5.74, 6) is -1.83. The predicted molar refractivity (Wildman–Crippen MR) is 165 cm³/mol. The molecule has 0 aromatic heterocycles. The summed E-state index contributed by atoms with van der Waals surface area (Å²) in [5, 5.41) is 5.31. The largest absolute Gasteiger partial charge is 0.444 e. The minimum atomic E-state index is -1.13. The van der Waals surface area contributed by atoms with Crippen molar-refractivity contribution in [3.05, 3.63) is 65.7 Å². The molecule has 0 radical (unpaired) electrons. The molecule has 1 fully saturated rings. The second-order valence-electron chi connectivity index (χ2n) is 12.6. The highest BCUT2D eigenvalue weighted by Gasteiger charge is 2.47. The van der Waals surface area contributed by atoms with Gasteiger partial charge in [-0.25, -0.2) is 14.5 Å². The number of likely N-dealkylation sites (tertiary alicyclic amines) is 1. The Morgan fingerprint density at radius 3 is 2.05 bits per heavy atom. The van der Waals surface area contributed by atoms with Crippen molar-refractivity contribution in [3.63, 3.8) is 0 Å². The summed E-state index contributed by atoms with van der Waals surface area (Å²) in [4.78, 5) is 66.8. The number of nitrogens with two attached hydrogens (primary N) is 1. The molecule has 2 aromatic carbocycles. The van der Waals surface area contributed by atoms with Gasteiger partial charge in [-0.3, -0.25) is 19.3 Å². The van der Waals surface area contributed by atoms with E-state index in [-0.39, 0.29) is 19.5 Å². The summed E-state index contributed by atoms with van der Waals surface area (Å²) in [6, 6.07) is 15.4. The molecule has 0 bridgehead atoms. The number of carbonyl (C=O) groups excluding carboxylic acids is 5. The third-order valence-electron chi connectivity index (χ3n) is 6.52. The van der Waals surface area contributed by atoms with Gasteiger partial charge < -0.3 is 25.8 Å². The fraction of sp³-hybridized carbons (Fsp3) is 0.469. The number of hydrogen-bond acceptors (Lipinski definition) is 8. The number of hydrogen-bond donors (Lipinski definition) is 3. The predicted octanol–water partition coefficient (Wildman–Crippen LogP) is 3.43. The first-order valence-corrected chi connectivity index (χ1v) is 14.5. The van der Waals surface area contributed by atoms with E-state index in [0.29, 0.717) is 5.69 Å². The smallest absolute Gasteiger partial charge is 0.417 e. The van der Waals surface area contributed by atoms with Crippen LogP contribution in [-0.2, 0) is 30.3 Å². The molecule has 2 aromatic rings. The van der Waals surface area contributed by atoms with Crippen molar-refractivity contribution in [2.24, 2.45) is 5.73 Å². The van der Waals surface area contributed by atoms with E-state index < -0.39 is 59.7 Å². The van der Waals surface area contributed by atoms with Crippen LogP contribution in [0.3, 0.4) is 0 Å². The zero-order valence-corrected chi connectivity index (χ0v) is 26.2. The van der Waals surface area contributed by atoms with Gasteiger partial charge in [0, 0.05) is 12.2 Å². The van der Waals surface area contributed by atoms with Crippen LogP contribution >= 0.6 is 0 Å². The SMILES string of the molecule is CC(C)(C)OC(=O)N1C[C@H](N(C(=O)CN)C(=O)OC(C)(C)C)C[C@H]1C(=O)NCC(=O)Nc1ccc(Cc2ccccc2)cc1. The average molecular weight is 610 g/mol. The van der Waals surface area contributed by atoms with Gasteiger partial charge in [-0.15, -0.1) is 0 Å². The van der Waals surface area contributed by atoms with Crippen molar-refractivity contribution < 1.29 is 33.4 Å². The molecule has 12 heteroatoms. The Balaban J connectivity index is 1.68. The maximum atomic E-state index is 13.3. The van der Waals surface area contributed by atoms with Crippen molar-refractivity contribution in [2.75, 3.05) is 25.0 Å². The number of anilines is 1. The van der Waals surface area contributed by atoms with Gasteiger partial charge in [0.05, 0.1) is 19.1 Å². The zero-order valence-electron chi connectivity index (χ0n) is 26.2. The lowest BCUT2D eigenvalue weighted by molar-refractivity contribution is -0.131. The Bertz CT molecular complexity index is 1330. The van der Waals surface area contributed by atoms with Crippen LogP contribution in [0, 0.1) is 0 Å². The Labute approximate surface area is 258 Å². The van der Waals surface area contributed by atoms with E-state index >= 15 is 0 Å². The average Bonchev–Trinajstić information content (AvgIpc) is 3.36. The molecule has 4 N–H and O–H groups in total. The standard InChI is InChI=1S/C32H43N5O7/c1-31(2,3)43-29(41)36-20-24(37(27(39)18-33)30(42)44-32(4,5)6)17-25(36)28(40)34-19-26(38)35-23-14-12-22(13-15-23)16-21-10-8-7-9-11-21/h7-15,24-25H,16-20,33H2,1-6H3,(H,34,40)(H,35,38)/t24-,25+/m1/s1. The molecule has 2 atom stereocenters. The van der Waals surface area contributed by atoms with Crippen molar-refractivity contribution in [1.29, 1.82) is 0 Å². The van der Waals surface area contributed by atoms with Gasteiger partial charge >= 0.3 is 12.2 Å². The maximum Gasteiger partial charge on any atom is 0.417 e. The number of ether oxygens (including phenoxy) is 2. The Hall–Kier alpha value is -4.45. The van der Waals surface area contributed by atoms with Crippen LogP contribution in [0.15, 0.2) is 54.6 Å².